The van der Waals surface area contributed by atoms with E-state index in [-0.39, 0.29) is 18.2 Å². The summed E-state index contributed by atoms with van der Waals surface area (Å²) in [7, 11) is 1.57. The maximum absolute atomic E-state index is 12.3. The number of carbonyl (C=O) groups excluding carboxylic acids is 2. The minimum atomic E-state index is -0.217. The lowest BCUT2D eigenvalue weighted by molar-refractivity contribution is -0.115. The van der Waals surface area contributed by atoms with Crippen LogP contribution in [0.4, 0.5) is 5.69 Å². The fraction of sp³-hybridized carbons (Fsp3) is 0.300. The van der Waals surface area contributed by atoms with Gasteiger partial charge >= 0.3 is 0 Å². The highest BCUT2D eigenvalue weighted by molar-refractivity contribution is 6.03. The predicted molar refractivity (Wildman–Crippen MR) is 97.2 cm³/mol. The number of nitrogens with one attached hydrogen (secondary N) is 2. The van der Waals surface area contributed by atoms with E-state index in [1.54, 1.807) is 31.3 Å². The number of anilines is 1. The maximum Gasteiger partial charge on any atom is 0.253 e. The van der Waals surface area contributed by atoms with Crippen molar-refractivity contribution < 1.29 is 9.59 Å². The molecule has 0 spiro atoms. The molecule has 0 aliphatic heterocycles. The van der Waals surface area contributed by atoms with E-state index < -0.39 is 0 Å². The molecule has 0 aromatic heterocycles. The molecule has 0 heterocycles. The third-order valence-corrected chi connectivity index (χ3v) is 3.88. The molecule has 2 amide bonds. The molecule has 0 bridgehead atoms. The highest BCUT2D eigenvalue weighted by Gasteiger charge is 2.12. The summed E-state index contributed by atoms with van der Waals surface area (Å²) in [6.45, 7) is 2.18. The first-order valence-electron chi connectivity index (χ1n) is 8.32. The molecule has 0 fully saturated rings. The highest BCUT2D eigenvalue weighted by atomic mass is 16.2. The van der Waals surface area contributed by atoms with Crippen molar-refractivity contribution in [2.75, 3.05) is 12.4 Å². The summed E-state index contributed by atoms with van der Waals surface area (Å²) in [4.78, 5) is 24.1. The molecule has 0 saturated heterocycles. The molecule has 2 aromatic carbocycles. The minimum Gasteiger partial charge on any atom is -0.355 e. The summed E-state index contributed by atoms with van der Waals surface area (Å²) in [6.07, 6.45) is 3.71. The van der Waals surface area contributed by atoms with E-state index in [0.717, 1.165) is 12.0 Å². The second kappa shape index (κ2) is 8.87. The Balaban J connectivity index is 2.00. The number of unbranched alkanes of at least 4 members (excludes halogenated alkanes) is 1. The normalized spacial score (nSPS) is 10.2. The quantitative estimate of drug-likeness (QED) is 0.818. The maximum atomic E-state index is 12.3. The Kier molecular flexibility index (Phi) is 6.55. The molecule has 2 N–H and O–H groups in total. The monoisotopic (exact) mass is 324 g/mol. The van der Waals surface area contributed by atoms with E-state index in [2.05, 4.69) is 29.7 Å². The Bertz CT molecular complexity index is 693. The van der Waals surface area contributed by atoms with Crippen LogP contribution in [0.3, 0.4) is 0 Å². The lowest BCUT2D eigenvalue weighted by atomic mass is 10.0. The molecule has 0 aliphatic carbocycles. The Morgan fingerprint density at radius 2 is 1.62 bits per heavy atom. The van der Waals surface area contributed by atoms with Crippen molar-refractivity contribution in [3.8, 4) is 0 Å². The van der Waals surface area contributed by atoms with Gasteiger partial charge in [-0.2, -0.15) is 0 Å². The van der Waals surface area contributed by atoms with Gasteiger partial charge in [-0.05, 0) is 36.1 Å². The van der Waals surface area contributed by atoms with Crippen LogP contribution in [0.25, 0.3) is 0 Å². The van der Waals surface area contributed by atoms with Gasteiger partial charge < -0.3 is 10.6 Å². The van der Waals surface area contributed by atoms with Crippen LogP contribution in [0, 0.1) is 0 Å². The summed E-state index contributed by atoms with van der Waals surface area (Å²) in [5, 5.41) is 5.40. The molecule has 2 aromatic rings. The van der Waals surface area contributed by atoms with Crippen LogP contribution in [0.1, 0.15) is 41.3 Å². The summed E-state index contributed by atoms with van der Waals surface area (Å²) in [5.41, 5.74) is 3.25. The molecule has 4 heteroatoms. The van der Waals surface area contributed by atoms with Gasteiger partial charge in [-0.15, -0.1) is 0 Å². The molecule has 4 nitrogen and oxygen atoms in total. The van der Waals surface area contributed by atoms with Gasteiger partial charge in [-0.25, -0.2) is 0 Å². The van der Waals surface area contributed by atoms with Crippen LogP contribution >= 0.6 is 0 Å². The molecule has 126 valence electrons. The Morgan fingerprint density at radius 3 is 2.29 bits per heavy atom. The topological polar surface area (TPSA) is 58.2 Å². The summed E-state index contributed by atoms with van der Waals surface area (Å²) in [5.74, 6) is -0.348. The van der Waals surface area contributed by atoms with Crippen LogP contribution in [0.15, 0.2) is 48.5 Å². The average molecular weight is 324 g/mol. The fourth-order valence-corrected chi connectivity index (χ4v) is 2.51. The Morgan fingerprint density at radius 1 is 0.958 bits per heavy atom. The number of amides is 2. The first-order valence-corrected chi connectivity index (χ1v) is 8.32. The van der Waals surface area contributed by atoms with Gasteiger partial charge in [0.05, 0.1) is 17.7 Å². The van der Waals surface area contributed by atoms with Crippen molar-refractivity contribution in [1.29, 1.82) is 0 Å². The zero-order chi connectivity index (χ0) is 17.4. The average Bonchev–Trinajstić information content (AvgIpc) is 2.61. The third kappa shape index (κ3) is 4.95. The van der Waals surface area contributed by atoms with Crippen LogP contribution in [0.2, 0.25) is 0 Å². The van der Waals surface area contributed by atoms with Crippen molar-refractivity contribution in [1.82, 2.24) is 5.32 Å². The first-order chi connectivity index (χ1) is 11.6. The Labute approximate surface area is 143 Å². The molecule has 2 rings (SSSR count). The van der Waals surface area contributed by atoms with Crippen LogP contribution in [-0.2, 0) is 17.6 Å². The van der Waals surface area contributed by atoms with E-state index in [0.29, 0.717) is 11.3 Å². The van der Waals surface area contributed by atoms with Crippen molar-refractivity contribution >= 4 is 17.5 Å². The predicted octanol–water partition coefficient (Wildman–Crippen LogP) is 3.57. The number of para-hydroxylation sites is 1. The molecule has 24 heavy (non-hydrogen) atoms. The SMILES string of the molecule is CCCCc1ccc(CC(=O)Nc2ccccc2C(=O)NC)cc1. The molecular formula is C20H24N2O2. The fourth-order valence-electron chi connectivity index (χ4n) is 2.51. The van der Waals surface area contributed by atoms with Crippen molar-refractivity contribution in [2.45, 2.75) is 32.6 Å². The number of aryl methyl sites for hydroxylation is 1. The molecule has 0 unspecified atom stereocenters. The van der Waals surface area contributed by atoms with E-state index in [1.165, 1.54) is 18.4 Å². The summed E-state index contributed by atoms with van der Waals surface area (Å²) in [6, 6.07) is 15.1. The Hall–Kier alpha value is -2.62. The number of carbonyl (C=O) groups is 2. The van der Waals surface area contributed by atoms with Gasteiger partial charge in [0.15, 0.2) is 0 Å². The second-order valence-electron chi connectivity index (χ2n) is 5.77. The van der Waals surface area contributed by atoms with E-state index in [9.17, 15) is 9.59 Å². The summed E-state index contributed by atoms with van der Waals surface area (Å²) < 4.78 is 0. The second-order valence-corrected chi connectivity index (χ2v) is 5.77. The molecular weight excluding hydrogens is 300 g/mol. The van der Waals surface area contributed by atoms with Gasteiger partial charge in [0.1, 0.15) is 0 Å². The lowest BCUT2D eigenvalue weighted by Gasteiger charge is -2.10. The van der Waals surface area contributed by atoms with Crippen molar-refractivity contribution in [3.05, 3.63) is 65.2 Å². The number of hydrogen-bond donors (Lipinski definition) is 2. The smallest absolute Gasteiger partial charge is 0.253 e. The van der Waals surface area contributed by atoms with Gasteiger partial charge in [0, 0.05) is 7.05 Å². The standard InChI is InChI=1S/C20H24N2O2/c1-3-4-7-15-10-12-16(13-11-15)14-19(23)22-18-9-6-5-8-17(18)20(24)21-2/h5-6,8-13H,3-4,7,14H2,1-2H3,(H,21,24)(H,22,23). The zero-order valence-electron chi connectivity index (χ0n) is 14.3. The van der Waals surface area contributed by atoms with E-state index in [4.69, 9.17) is 0 Å². The number of rotatable bonds is 7. The lowest BCUT2D eigenvalue weighted by Crippen LogP contribution is -2.22. The van der Waals surface area contributed by atoms with Gasteiger partial charge in [0.2, 0.25) is 5.91 Å². The third-order valence-electron chi connectivity index (χ3n) is 3.88. The molecule has 0 radical (unpaired) electrons. The summed E-state index contributed by atoms with van der Waals surface area (Å²) >= 11 is 0. The largest absolute Gasteiger partial charge is 0.355 e. The number of benzene rings is 2. The van der Waals surface area contributed by atoms with Crippen molar-refractivity contribution in [3.63, 3.8) is 0 Å². The minimum absolute atomic E-state index is 0.132. The van der Waals surface area contributed by atoms with Crippen LogP contribution in [-0.4, -0.2) is 18.9 Å². The zero-order valence-corrected chi connectivity index (χ0v) is 14.3. The van der Waals surface area contributed by atoms with E-state index >= 15 is 0 Å². The molecule has 0 saturated carbocycles. The first kappa shape index (κ1) is 17.7. The van der Waals surface area contributed by atoms with Gasteiger partial charge in [-0.3, -0.25) is 9.59 Å². The van der Waals surface area contributed by atoms with Gasteiger partial charge in [-0.1, -0.05) is 49.7 Å². The molecule has 0 aliphatic rings. The van der Waals surface area contributed by atoms with Crippen LogP contribution in [0.5, 0.6) is 0 Å². The van der Waals surface area contributed by atoms with E-state index in [1.807, 2.05) is 12.1 Å². The van der Waals surface area contributed by atoms with Crippen molar-refractivity contribution in [2.24, 2.45) is 0 Å². The highest BCUT2D eigenvalue weighted by Crippen LogP contribution is 2.16. The number of hydrogen-bond acceptors (Lipinski definition) is 2. The molecule has 0 atom stereocenters. The van der Waals surface area contributed by atoms with Crippen LogP contribution < -0.4 is 10.6 Å². The van der Waals surface area contributed by atoms with Gasteiger partial charge in [0.25, 0.3) is 5.91 Å².